The van der Waals surface area contributed by atoms with Crippen molar-refractivity contribution in [3.8, 4) is 6.07 Å². The molecule has 142 valence electrons. The van der Waals surface area contributed by atoms with Crippen LogP contribution < -0.4 is 5.32 Å². The van der Waals surface area contributed by atoms with Crippen molar-refractivity contribution in [2.75, 3.05) is 5.32 Å². The monoisotopic (exact) mass is 461 g/mol. The summed E-state index contributed by atoms with van der Waals surface area (Å²) >= 11 is -1.25. The van der Waals surface area contributed by atoms with Crippen LogP contribution in [0.25, 0.3) is 11.0 Å². The molecule has 0 radical (unpaired) electrons. The first-order valence-corrected chi connectivity index (χ1v) is 13.8. The Morgan fingerprint density at radius 3 is 2.64 bits per heavy atom. The summed E-state index contributed by atoms with van der Waals surface area (Å²) in [5.41, 5.74) is 1.50. The van der Waals surface area contributed by atoms with Gasteiger partial charge in [-0.3, -0.25) is 0 Å². The van der Waals surface area contributed by atoms with Crippen LogP contribution in [-0.2, 0) is 8.10 Å². The van der Waals surface area contributed by atoms with E-state index in [4.69, 9.17) is 9.78 Å². The minimum atomic E-state index is -3.38. The van der Waals surface area contributed by atoms with Crippen LogP contribution >= 0.6 is 0 Å². The maximum absolute atomic E-state index is 12.6. The van der Waals surface area contributed by atoms with Crippen LogP contribution in [0, 0.1) is 11.3 Å². The quantitative estimate of drug-likeness (QED) is 0.547. The van der Waals surface area contributed by atoms with Crippen molar-refractivity contribution in [2.24, 2.45) is 0 Å². The summed E-state index contributed by atoms with van der Waals surface area (Å²) in [6.45, 7) is 0. The first kappa shape index (κ1) is 19.6. The van der Waals surface area contributed by atoms with Crippen LogP contribution in [0.2, 0.25) is 5.71 Å². The molecule has 0 aliphatic rings. The number of carbonyl (C=O) groups is 2. The summed E-state index contributed by atoms with van der Waals surface area (Å²) in [4.78, 5) is 24.1. The third-order valence-electron chi connectivity index (χ3n) is 3.86. The molecule has 0 fully saturated rings. The molecular weight excluding hydrogens is 449 g/mol. The molecule has 1 atom stereocenters. The molecule has 2 N–H and O–H groups in total. The van der Waals surface area contributed by atoms with Gasteiger partial charge in [-0.05, 0) is 0 Å². The summed E-state index contributed by atoms with van der Waals surface area (Å²) in [5, 5.41) is 24.5. The number of hydrogen-bond donors (Lipinski definition) is 2. The molecule has 28 heavy (non-hydrogen) atoms. The summed E-state index contributed by atoms with van der Waals surface area (Å²) < 4.78 is 29.3. The van der Waals surface area contributed by atoms with Gasteiger partial charge in [0.2, 0.25) is 0 Å². The molecule has 3 rings (SSSR count). The zero-order valence-corrected chi connectivity index (χ0v) is 17.2. The van der Waals surface area contributed by atoms with Gasteiger partial charge in [0.05, 0.1) is 0 Å². The first-order chi connectivity index (χ1) is 13.3. The Bertz CT molecular complexity index is 1260. The third kappa shape index (κ3) is 3.63. The molecule has 0 saturated heterocycles. The number of nitriles is 1. The number of amides is 1. The molecule has 1 heterocycles. The number of carboxylic acid groups (broad SMARTS) is 1. The van der Waals surface area contributed by atoms with E-state index in [1.54, 1.807) is 5.71 Å². The van der Waals surface area contributed by atoms with Crippen molar-refractivity contribution in [1.82, 2.24) is 5.16 Å². The molecule has 0 aliphatic heterocycles. The molecule has 0 saturated carbocycles. The van der Waals surface area contributed by atoms with Gasteiger partial charge in [-0.15, -0.1) is 0 Å². The average Bonchev–Trinajstić information content (AvgIpc) is 3.11. The number of fused-ring (bicyclic) bond motifs is 1. The third-order valence-corrected chi connectivity index (χ3v) is 10.1. The fourth-order valence-electron chi connectivity index (χ4n) is 2.45. The Hall–Kier alpha value is -3.15. The van der Waals surface area contributed by atoms with Gasteiger partial charge in [-0.1, -0.05) is 0 Å². The summed E-state index contributed by atoms with van der Waals surface area (Å²) in [6, 6.07) is 9.73. The maximum atomic E-state index is 12.6. The van der Waals surface area contributed by atoms with Gasteiger partial charge >= 0.3 is 159 Å². The van der Waals surface area contributed by atoms with Gasteiger partial charge in [-0.2, -0.15) is 5.26 Å². The second kappa shape index (κ2) is 7.46. The molecular formula is C17H12AsN3O6S. The fourth-order valence-corrected chi connectivity index (χ4v) is 5.49. The minimum absolute atomic E-state index is 0.0309. The summed E-state index contributed by atoms with van der Waals surface area (Å²) in [6.07, 6.45) is 0. The number of carboxylic acids is 1. The van der Waals surface area contributed by atoms with Gasteiger partial charge in [-0.25, -0.2) is 0 Å². The number of aromatic nitrogens is 1. The molecule has 0 bridgehead atoms. The second-order valence-corrected chi connectivity index (χ2v) is 13.4. The van der Waals surface area contributed by atoms with E-state index in [1.807, 2.05) is 6.07 Å². The van der Waals surface area contributed by atoms with Gasteiger partial charge in [0.25, 0.3) is 0 Å². The van der Waals surface area contributed by atoms with E-state index in [0.29, 0.717) is 0 Å². The standard InChI is InChI=1S/C17H12AsN3O6S/c1-18-28(25,26)10-3-5-14-12(7-10)15(21-27-14)16(22)20-13-4-2-9(8-19)6-11(13)17(23)24/h2-7,18H,1H3,(H,20,22)(H,23,24). The fraction of sp³-hybridized carbons (Fsp3) is 0.0588. The van der Waals surface area contributed by atoms with Crippen molar-refractivity contribution < 1.29 is 27.6 Å². The normalized spacial score (nSPS) is 11.6. The van der Waals surface area contributed by atoms with Crippen molar-refractivity contribution in [1.29, 1.82) is 5.26 Å². The predicted molar refractivity (Wildman–Crippen MR) is 100 cm³/mol. The number of benzene rings is 2. The molecule has 1 aromatic heterocycles. The number of carbonyl (C=O) groups excluding carboxylic acids is 1. The Morgan fingerprint density at radius 1 is 1.25 bits per heavy atom. The SMILES string of the molecule is C[AsH]S(=O)(=O)c1ccc2onc(C(=O)Nc3ccc(C#N)cc3C(=O)O)c2c1. The molecule has 11 heteroatoms. The number of rotatable bonds is 5. The van der Waals surface area contributed by atoms with E-state index in [1.165, 1.54) is 30.3 Å². The molecule has 2 aromatic carbocycles. The Kier molecular flexibility index (Phi) is 5.22. The van der Waals surface area contributed by atoms with E-state index in [9.17, 15) is 23.1 Å². The van der Waals surface area contributed by atoms with Crippen molar-refractivity contribution in [3.05, 3.63) is 53.2 Å². The molecule has 9 nitrogen and oxygen atoms in total. The van der Waals surface area contributed by atoms with E-state index in [0.717, 1.165) is 6.07 Å². The Labute approximate surface area is 164 Å². The first-order valence-electron chi connectivity index (χ1n) is 7.68. The van der Waals surface area contributed by atoms with E-state index in [2.05, 4.69) is 10.5 Å². The van der Waals surface area contributed by atoms with Gasteiger partial charge < -0.3 is 0 Å². The van der Waals surface area contributed by atoms with Crippen molar-refractivity contribution >= 4 is 51.2 Å². The van der Waals surface area contributed by atoms with Crippen LogP contribution in [0.5, 0.6) is 0 Å². The number of nitrogens with one attached hydrogen (secondary N) is 1. The summed E-state index contributed by atoms with van der Waals surface area (Å²) in [5.74, 6) is -2.09. The van der Waals surface area contributed by atoms with Crippen LogP contribution in [0.1, 0.15) is 26.4 Å². The van der Waals surface area contributed by atoms with Crippen LogP contribution in [0.4, 0.5) is 5.69 Å². The van der Waals surface area contributed by atoms with E-state index < -0.39 is 34.6 Å². The van der Waals surface area contributed by atoms with Gasteiger partial charge in [0.15, 0.2) is 0 Å². The Balaban J connectivity index is 2.02. The topological polar surface area (TPSA) is 150 Å². The van der Waals surface area contributed by atoms with Gasteiger partial charge in [0.1, 0.15) is 0 Å². The van der Waals surface area contributed by atoms with Crippen LogP contribution in [-0.4, -0.2) is 45.2 Å². The number of aromatic carboxylic acids is 1. The zero-order chi connectivity index (χ0) is 20.5. The number of nitrogens with zero attached hydrogens (tertiary/aromatic N) is 2. The molecule has 3 aromatic rings. The van der Waals surface area contributed by atoms with Crippen LogP contribution in [0.15, 0.2) is 45.8 Å². The molecule has 0 aliphatic carbocycles. The number of anilines is 1. The molecule has 1 unspecified atom stereocenters. The molecule has 1 amide bonds. The Morgan fingerprint density at radius 2 is 2.00 bits per heavy atom. The predicted octanol–water partition coefficient (Wildman–Crippen LogP) is 1.82. The zero-order valence-electron chi connectivity index (χ0n) is 14.3. The number of hydrogen-bond acceptors (Lipinski definition) is 7. The summed E-state index contributed by atoms with van der Waals surface area (Å²) in [7, 11) is -3.38. The molecule has 0 spiro atoms. The van der Waals surface area contributed by atoms with E-state index >= 15 is 0 Å². The average molecular weight is 461 g/mol. The van der Waals surface area contributed by atoms with Crippen molar-refractivity contribution in [2.45, 2.75) is 10.6 Å². The van der Waals surface area contributed by atoms with E-state index in [-0.39, 0.29) is 38.4 Å². The van der Waals surface area contributed by atoms with Crippen molar-refractivity contribution in [3.63, 3.8) is 0 Å². The van der Waals surface area contributed by atoms with Gasteiger partial charge in [0, 0.05) is 0 Å². The van der Waals surface area contributed by atoms with Crippen LogP contribution in [0.3, 0.4) is 0 Å². The second-order valence-electron chi connectivity index (χ2n) is 5.53.